The van der Waals surface area contributed by atoms with Crippen molar-refractivity contribution in [2.24, 2.45) is 0 Å². The van der Waals surface area contributed by atoms with E-state index in [4.69, 9.17) is 9.15 Å². The molecule has 0 fully saturated rings. The molecule has 1 radical (unpaired) electrons. The Morgan fingerprint density at radius 1 is 1.38 bits per heavy atom. The molecule has 0 bridgehead atoms. The van der Waals surface area contributed by atoms with E-state index in [-0.39, 0.29) is 0 Å². The van der Waals surface area contributed by atoms with Crippen LogP contribution in [-0.2, 0) is 0 Å². The van der Waals surface area contributed by atoms with Gasteiger partial charge in [0.1, 0.15) is 11.5 Å². The number of furan rings is 1. The minimum Gasteiger partial charge on any atom is -0.497 e. The van der Waals surface area contributed by atoms with Gasteiger partial charge in [0.25, 0.3) is 0 Å². The van der Waals surface area contributed by atoms with E-state index in [0.717, 1.165) is 17.1 Å². The van der Waals surface area contributed by atoms with Gasteiger partial charge in [-0.1, -0.05) is 12.1 Å². The summed E-state index contributed by atoms with van der Waals surface area (Å²) in [5.41, 5.74) is 0.976. The predicted molar refractivity (Wildman–Crippen MR) is 49.5 cm³/mol. The van der Waals surface area contributed by atoms with E-state index < -0.39 is 0 Å². The Kier molecular flexibility index (Phi) is 2.04. The Labute approximate surface area is 76.8 Å². The van der Waals surface area contributed by atoms with Gasteiger partial charge in [0, 0.05) is 11.6 Å². The van der Waals surface area contributed by atoms with E-state index in [0.29, 0.717) is 0 Å². The zero-order chi connectivity index (χ0) is 9.10. The van der Waals surface area contributed by atoms with Crippen LogP contribution in [0.2, 0.25) is 0 Å². The predicted octanol–water partition coefficient (Wildman–Crippen LogP) is 2.76. The van der Waals surface area contributed by atoms with E-state index in [9.17, 15) is 0 Å². The van der Waals surface area contributed by atoms with Crippen LogP contribution in [-0.4, -0.2) is 7.11 Å². The van der Waals surface area contributed by atoms with Crippen LogP contribution in [0.15, 0.2) is 41.0 Å². The van der Waals surface area contributed by atoms with E-state index in [1.807, 2.05) is 24.3 Å². The molecule has 1 aromatic carbocycles. The molecule has 0 spiro atoms. The van der Waals surface area contributed by atoms with Crippen molar-refractivity contribution in [3.63, 3.8) is 0 Å². The second-order valence-electron chi connectivity index (χ2n) is 2.63. The third-order valence-corrected chi connectivity index (χ3v) is 1.80. The molecule has 2 aromatic rings. The lowest BCUT2D eigenvalue weighted by atomic mass is 10.2. The molecule has 0 aliphatic heterocycles. The van der Waals surface area contributed by atoms with Crippen LogP contribution in [0.4, 0.5) is 0 Å². The second kappa shape index (κ2) is 3.35. The lowest BCUT2D eigenvalue weighted by Gasteiger charge is -2.00. The average molecular weight is 173 g/mol. The van der Waals surface area contributed by atoms with Gasteiger partial charge in [-0.2, -0.15) is 0 Å². The summed E-state index contributed by atoms with van der Waals surface area (Å²) in [6, 6.07) is 12.4. The van der Waals surface area contributed by atoms with Crippen LogP contribution in [0.5, 0.6) is 5.75 Å². The lowest BCUT2D eigenvalue weighted by Crippen LogP contribution is -1.82. The molecule has 0 saturated carbocycles. The second-order valence-corrected chi connectivity index (χ2v) is 2.63. The fourth-order valence-electron chi connectivity index (χ4n) is 1.16. The number of methoxy groups -OCH3 is 1. The molecule has 13 heavy (non-hydrogen) atoms. The van der Waals surface area contributed by atoms with Crippen molar-refractivity contribution in [2.75, 3.05) is 7.11 Å². The molecule has 0 N–H and O–H groups in total. The van der Waals surface area contributed by atoms with Crippen LogP contribution in [0.25, 0.3) is 11.3 Å². The molecule has 0 aliphatic carbocycles. The van der Waals surface area contributed by atoms with Gasteiger partial charge in [-0.15, -0.1) is 0 Å². The number of benzene rings is 1. The van der Waals surface area contributed by atoms with Crippen molar-refractivity contribution in [3.05, 3.63) is 42.7 Å². The molecule has 0 aliphatic rings. The van der Waals surface area contributed by atoms with E-state index >= 15 is 0 Å². The Morgan fingerprint density at radius 2 is 2.31 bits per heavy atom. The summed E-state index contributed by atoms with van der Waals surface area (Å²) < 4.78 is 10.3. The van der Waals surface area contributed by atoms with E-state index in [1.165, 1.54) is 0 Å². The van der Waals surface area contributed by atoms with Crippen molar-refractivity contribution in [2.45, 2.75) is 0 Å². The van der Waals surface area contributed by atoms with Crippen molar-refractivity contribution < 1.29 is 9.15 Å². The van der Waals surface area contributed by atoms with Gasteiger partial charge in [-0.05, 0) is 18.2 Å². The maximum absolute atomic E-state index is 5.21. The highest BCUT2D eigenvalue weighted by Crippen LogP contribution is 2.23. The Hall–Kier alpha value is -1.70. The number of hydrogen-bond donors (Lipinski definition) is 0. The average Bonchev–Trinajstić information content (AvgIpc) is 2.71. The van der Waals surface area contributed by atoms with Crippen molar-refractivity contribution >= 4 is 0 Å². The highest BCUT2D eigenvalue weighted by molar-refractivity contribution is 5.58. The van der Waals surface area contributed by atoms with Gasteiger partial charge in [-0.3, -0.25) is 0 Å². The Morgan fingerprint density at radius 3 is 3.00 bits per heavy atom. The fourth-order valence-corrected chi connectivity index (χ4v) is 1.16. The summed E-state index contributed by atoms with van der Waals surface area (Å²) in [6.45, 7) is 0. The maximum atomic E-state index is 5.21. The highest BCUT2D eigenvalue weighted by atomic mass is 16.5. The van der Waals surface area contributed by atoms with Crippen molar-refractivity contribution in [1.29, 1.82) is 0 Å². The zero-order valence-corrected chi connectivity index (χ0v) is 7.28. The number of rotatable bonds is 2. The van der Waals surface area contributed by atoms with Gasteiger partial charge < -0.3 is 9.15 Å². The Bertz CT molecular complexity index is 377. The smallest absolute Gasteiger partial charge is 0.141 e. The summed E-state index contributed by atoms with van der Waals surface area (Å²) in [6.07, 6.45) is 1.61. The third-order valence-electron chi connectivity index (χ3n) is 1.80. The molecule has 1 heterocycles. The minimum atomic E-state index is 0.735. The topological polar surface area (TPSA) is 22.4 Å². The van der Waals surface area contributed by atoms with E-state index in [1.54, 1.807) is 19.4 Å². The van der Waals surface area contributed by atoms with Crippen LogP contribution in [0.3, 0.4) is 0 Å². The molecular formula is C11H9O2. The summed E-state index contributed by atoms with van der Waals surface area (Å²) in [5, 5.41) is 0. The van der Waals surface area contributed by atoms with Gasteiger partial charge in [0.15, 0.2) is 0 Å². The molecular weight excluding hydrogens is 164 g/mol. The molecule has 65 valence electrons. The summed E-state index contributed by atoms with van der Waals surface area (Å²) in [7, 11) is 1.64. The summed E-state index contributed by atoms with van der Waals surface area (Å²) in [4.78, 5) is 0. The van der Waals surface area contributed by atoms with Crippen LogP contribution < -0.4 is 4.74 Å². The normalized spacial score (nSPS) is 9.92. The molecule has 0 saturated heterocycles. The van der Waals surface area contributed by atoms with E-state index in [2.05, 4.69) is 6.07 Å². The van der Waals surface area contributed by atoms with Gasteiger partial charge in [0.2, 0.25) is 0 Å². The lowest BCUT2D eigenvalue weighted by molar-refractivity contribution is 0.415. The van der Waals surface area contributed by atoms with Gasteiger partial charge in [-0.25, -0.2) is 0 Å². The Balaban J connectivity index is 2.41. The molecule has 2 heteroatoms. The van der Waals surface area contributed by atoms with Crippen molar-refractivity contribution in [3.8, 4) is 17.1 Å². The largest absolute Gasteiger partial charge is 0.497 e. The number of ether oxygens (including phenoxy) is 1. The van der Waals surface area contributed by atoms with Crippen LogP contribution >= 0.6 is 0 Å². The van der Waals surface area contributed by atoms with Crippen LogP contribution in [0.1, 0.15) is 0 Å². The number of hydrogen-bond acceptors (Lipinski definition) is 2. The summed E-state index contributed by atoms with van der Waals surface area (Å²) in [5.74, 6) is 1.56. The first kappa shape index (κ1) is 7.92. The van der Waals surface area contributed by atoms with Crippen molar-refractivity contribution in [1.82, 2.24) is 0 Å². The quantitative estimate of drug-likeness (QED) is 0.696. The standard InChI is InChI=1S/C11H9O2/c1-12-10-5-2-4-9(8-10)11-6-3-7-13-11/h2-5,7-8H,1H3. The maximum Gasteiger partial charge on any atom is 0.141 e. The SMILES string of the molecule is COc1cccc(-c2[c]cco2)c1. The summed E-state index contributed by atoms with van der Waals surface area (Å²) >= 11 is 0. The zero-order valence-electron chi connectivity index (χ0n) is 7.28. The molecule has 0 amide bonds. The van der Waals surface area contributed by atoms with Crippen LogP contribution in [0, 0.1) is 6.07 Å². The molecule has 2 nitrogen and oxygen atoms in total. The molecule has 2 rings (SSSR count). The molecule has 0 unspecified atom stereocenters. The third kappa shape index (κ3) is 1.56. The fraction of sp³-hybridized carbons (Fsp3) is 0.0909. The highest BCUT2D eigenvalue weighted by Gasteiger charge is 2.01. The monoisotopic (exact) mass is 173 g/mol. The van der Waals surface area contributed by atoms with Gasteiger partial charge in [0.05, 0.1) is 13.4 Å². The first-order valence-corrected chi connectivity index (χ1v) is 4.00. The molecule has 1 aromatic heterocycles. The molecule has 0 atom stereocenters. The minimum absolute atomic E-state index is 0.735. The van der Waals surface area contributed by atoms with Gasteiger partial charge >= 0.3 is 0 Å². The first-order chi connectivity index (χ1) is 6.40. The first-order valence-electron chi connectivity index (χ1n) is 4.00.